The number of aromatic carboxylic acids is 1. The highest BCUT2D eigenvalue weighted by atomic mass is 79.9. The molecule has 0 heterocycles. The van der Waals surface area contributed by atoms with Gasteiger partial charge in [-0.05, 0) is 42.8 Å². The number of rotatable bonds is 3. The number of benzene rings is 2. The maximum atomic E-state index is 11.9. The molecule has 2 aromatic carbocycles. The fraction of sp³-hybridized carbons (Fsp3) is 0.0667. The highest BCUT2D eigenvalue weighted by Crippen LogP contribution is 2.21. The van der Waals surface area contributed by atoms with Crippen LogP contribution in [0.25, 0.3) is 0 Å². The van der Waals surface area contributed by atoms with Gasteiger partial charge in [0.1, 0.15) is 0 Å². The van der Waals surface area contributed by atoms with E-state index in [9.17, 15) is 9.59 Å². The van der Waals surface area contributed by atoms with Crippen LogP contribution in [0.3, 0.4) is 0 Å². The summed E-state index contributed by atoms with van der Waals surface area (Å²) in [5, 5.41) is 14.2. The van der Waals surface area contributed by atoms with Crippen LogP contribution < -0.4 is 10.6 Å². The van der Waals surface area contributed by atoms with E-state index < -0.39 is 12.0 Å². The van der Waals surface area contributed by atoms with Crippen LogP contribution in [0.4, 0.5) is 16.2 Å². The second-order valence-corrected chi connectivity index (χ2v) is 5.34. The molecule has 0 spiro atoms. The van der Waals surface area contributed by atoms with E-state index >= 15 is 0 Å². The van der Waals surface area contributed by atoms with Crippen LogP contribution in [0.1, 0.15) is 15.9 Å². The summed E-state index contributed by atoms with van der Waals surface area (Å²) in [6.45, 7) is 1.88. The van der Waals surface area contributed by atoms with E-state index in [2.05, 4.69) is 26.6 Å². The number of carbonyl (C=O) groups is 2. The lowest BCUT2D eigenvalue weighted by atomic mass is 10.2. The zero-order valence-corrected chi connectivity index (χ0v) is 12.8. The van der Waals surface area contributed by atoms with E-state index in [0.29, 0.717) is 11.4 Å². The van der Waals surface area contributed by atoms with E-state index in [-0.39, 0.29) is 5.56 Å². The molecule has 0 saturated carbocycles. The molecule has 0 radical (unpaired) electrons. The standard InChI is InChI=1S/C15H13BrN2O3/c1-9-5-6-11(16)8-13(9)18-15(21)17-12-4-2-3-10(7-12)14(19)20/h2-8H,1H3,(H,19,20)(H2,17,18,21). The van der Waals surface area contributed by atoms with Gasteiger partial charge >= 0.3 is 12.0 Å². The van der Waals surface area contributed by atoms with Gasteiger partial charge in [-0.2, -0.15) is 0 Å². The largest absolute Gasteiger partial charge is 0.478 e. The average molecular weight is 349 g/mol. The molecule has 0 aliphatic rings. The molecular weight excluding hydrogens is 336 g/mol. The molecule has 108 valence electrons. The first kappa shape index (κ1) is 15.1. The van der Waals surface area contributed by atoms with Gasteiger partial charge in [0.2, 0.25) is 0 Å². The van der Waals surface area contributed by atoms with Gasteiger partial charge in [-0.3, -0.25) is 0 Å². The minimum atomic E-state index is -1.04. The number of halogens is 1. The summed E-state index contributed by atoms with van der Waals surface area (Å²) in [7, 11) is 0. The molecule has 2 aromatic rings. The normalized spacial score (nSPS) is 10.0. The molecule has 0 aliphatic carbocycles. The Hall–Kier alpha value is -2.34. The van der Waals surface area contributed by atoms with Crippen LogP contribution >= 0.6 is 15.9 Å². The van der Waals surface area contributed by atoms with Gasteiger partial charge in [0.15, 0.2) is 0 Å². The predicted octanol–water partition coefficient (Wildman–Crippen LogP) is 4.10. The maximum Gasteiger partial charge on any atom is 0.335 e. The van der Waals surface area contributed by atoms with Crippen LogP contribution in [0.15, 0.2) is 46.9 Å². The van der Waals surface area contributed by atoms with Crippen molar-refractivity contribution in [3.63, 3.8) is 0 Å². The number of aryl methyl sites for hydroxylation is 1. The van der Waals surface area contributed by atoms with Crippen LogP contribution in [0, 0.1) is 6.92 Å². The molecule has 0 bridgehead atoms. The zero-order valence-electron chi connectivity index (χ0n) is 11.2. The second-order valence-electron chi connectivity index (χ2n) is 4.42. The fourth-order valence-corrected chi connectivity index (χ4v) is 2.10. The molecule has 0 atom stereocenters. The van der Waals surface area contributed by atoms with E-state index in [4.69, 9.17) is 5.11 Å². The first-order valence-electron chi connectivity index (χ1n) is 6.13. The summed E-state index contributed by atoms with van der Waals surface area (Å²) in [5.74, 6) is -1.04. The lowest BCUT2D eigenvalue weighted by molar-refractivity contribution is 0.0697. The first-order valence-corrected chi connectivity index (χ1v) is 6.92. The Labute approximate surface area is 130 Å². The zero-order chi connectivity index (χ0) is 15.4. The fourth-order valence-electron chi connectivity index (χ4n) is 1.74. The second kappa shape index (κ2) is 6.41. The SMILES string of the molecule is Cc1ccc(Br)cc1NC(=O)Nc1cccc(C(=O)O)c1. The molecule has 0 unspecified atom stereocenters. The number of carboxylic acids is 1. The monoisotopic (exact) mass is 348 g/mol. The van der Waals surface area contributed by atoms with Crippen molar-refractivity contribution in [3.05, 3.63) is 58.1 Å². The van der Waals surface area contributed by atoms with Crippen molar-refractivity contribution in [3.8, 4) is 0 Å². The van der Waals surface area contributed by atoms with Crippen molar-refractivity contribution in [2.24, 2.45) is 0 Å². The van der Waals surface area contributed by atoms with Crippen LogP contribution in [0.2, 0.25) is 0 Å². The average Bonchev–Trinajstić information content (AvgIpc) is 2.43. The van der Waals surface area contributed by atoms with Gasteiger partial charge in [-0.1, -0.05) is 28.1 Å². The van der Waals surface area contributed by atoms with E-state index in [1.807, 2.05) is 19.1 Å². The first-order chi connectivity index (χ1) is 9.95. The lowest BCUT2D eigenvalue weighted by Crippen LogP contribution is -2.20. The molecule has 2 amide bonds. The van der Waals surface area contributed by atoms with Crippen molar-refractivity contribution in [2.75, 3.05) is 10.6 Å². The highest BCUT2D eigenvalue weighted by Gasteiger charge is 2.08. The van der Waals surface area contributed by atoms with E-state index in [1.165, 1.54) is 12.1 Å². The van der Waals surface area contributed by atoms with Crippen molar-refractivity contribution < 1.29 is 14.7 Å². The Kier molecular flexibility index (Phi) is 4.59. The predicted molar refractivity (Wildman–Crippen MR) is 84.9 cm³/mol. The summed E-state index contributed by atoms with van der Waals surface area (Å²) in [5.41, 5.74) is 2.13. The molecule has 0 aliphatic heterocycles. The summed E-state index contributed by atoms with van der Waals surface area (Å²) < 4.78 is 0.858. The molecule has 0 fully saturated rings. The number of anilines is 2. The van der Waals surface area contributed by atoms with Crippen molar-refractivity contribution in [2.45, 2.75) is 6.92 Å². The Morgan fingerprint density at radius 3 is 2.57 bits per heavy atom. The minimum absolute atomic E-state index is 0.117. The maximum absolute atomic E-state index is 11.9. The van der Waals surface area contributed by atoms with Gasteiger partial charge in [0.25, 0.3) is 0 Å². The van der Waals surface area contributed by atoms with Gasteiger partial charge < -0.3 is 15.7 Å². The van der Waals surface area contributed by atoms with Gasteiger partial charge in [0.05, 0.1) is 5.56 Å². The molecule has 2 rings (SSSR count). The Morgan fingerprint density at radius 1 is 1.10 bits per heavy atom. The van der Waals surface area contributed by atoms with Crippen molar-refractivity contribution >= 4 is 39.3 Å². The molecule has 6 heteroatoms. The van der Waals surface area contributed by atoms with Crippen LogP contribution in [0.5, 0.6) is 0 Å². The third-order valence-corrected chi connectivity index (χ3v) is 3.31. The number of carboxylic acid groups (broad SMARTS) is 1. The van der Waals surface area contributed by atoms with Crippen LogP contribution in [-0.2, 0) is 0 Å². The van der Waals surface area contributed by atoms with Crippen molar-refractivity contribution in [1.82, 2.24) is 0 Å². The lowest BCUT2D eigenvalue weighted by Gasteiger charge is -2.10. The third-order valence-electron chi connectivity index (χ3n) is 2.82. The topological polar surface area (TPSA) is 78.4 Å². The molecule has 0 saturated heterocycles. The summed E-state index contributed by atoms with van der Waals surface area (Å²) in [6, 6.07) is 11.2. The number of hydrogen-bond acceptors (Lipinski definition) is 2. The van der Waals surface area contributed by atoms with E-state index in [0.717, 1.165) is 10.0 Å². The number of urea groups is 1. The smallest absolute Gasteiger partial charge is 0.335 e. The molecule has 5 nitrogen and oxygen atoms in total. The molecular formula is C15H13BrN2O3. The third kappa shape index (κ3) is 4.06. The Balaban J connectivity index is 2.10. The number of carbonyl (C=O) groups excluding carboxylic acids is 1. The molecule has 0 aromatic heterocycles. The Morgan fingerprint density at radius 2 is 1.86 bits per heavy atom. The number of amides is 2. The van der Waals surface area contributed by atoms with E-state index in [1.54, 1.807) is 18.2 Å². The highest BCUT2D eigenvalue weighted by molar-refractivity contribution is 9.10. The Bertz CT molecular complexity index is 701. The van der Waals surface area contributed by atoms with Gasteiger partial charge in [-0.15, -0.1) is 0 Å². The van der Waals surface area contributed by atoms with Gasteiger partial charge in [-0.25, -0.2) is 9.59 Å². The quantitative estimate of drug-likeness (QED) is 0.781. The molecule has 21 heavy (non-hydrogen) atoms. The van der Waals surface area contributed by atoms with Gasteiger partial charge in [0, 0.05) is 15.8 Å². The van der Waals surface area contributed by atoms with Crippen molar-refractivity contribution in [1.29, 1.82) is 0 Å². The number of nitrogens with one attached hydrogen (secondary N) is 2. The molecule has 3 N–H and O–H groups in total. The minimum Gasteiger partial charge on any atom is -0.478 e. The summed E-state index contributed by atoms with van der Waals surface area (Å²) in [6.07, 6.45) is 0. The van der Waals surface area contributed by atoms with Crippen LogP contribution in [-0.4, -0.2) is 17.1 Å². The number of hydrogen-bond donors (Lipinski definition) is 3. The summed E-state index contributed by atoms with van der Waals surface area (Å²) in [4.78, 5) is 22.8. The summed E-state index contributed by atoms with van der Waals surface area (Å²) >= 11 is 3.34.